The zero-order chi connectivity index (χ0) is 17.5. The number of hydrogen-bond acceptors (Lipinski definition) is 4. The summed E-state index contributed by atoms with van der Waals surface area (Å²) in [6, 6.07) is 7.45. The molecular weight excluding hydrogens is 322 g/mol. The van der Waals surface area contributed by atoms with Gasteiger partial charge in [-0.15, -0.1) is 11.3 Å². The summed E-state index contributed by atoms with van der Waals surface area (Å²) < 4.78 is 0. The second-order valence-corrected chi connectivity index (χ2v) is 6.85. The molecule has 0 aliphatic rings. The lowest BCUT2D eigenvalue weighted by Crippen LogP contribution is -2.25. The number of thiazole rings is 1. The molecule has 24 heavy (non-hydrogen) atoms. The van der Waals surface area contributed by atoms with Gasteiger partial charge in [-0.25, -0.2) is 4.98 Å². The van der Waals surface area contributed by atoms with Crippen LogP contribution >= 0.6 is 11.3 Å². The maximum absolute atomic E-state index is 12.2. The number of hydrogen-bond donors (Lipinski definition) is 2. The molecule has 0 fully saturated rings. The standard InChI is InChI=1S/C18H23N3O2S/c1-4-5-6-11-19-17(23)16-12(2)24-18(21-16)14-7-9-15(10-8-14)20-13(3)22/h7-10H,4-6,11H2,1-3H3,(H,19,23)(H,20,22). The number of carbonyl (C=O) groups excluding carboxylic acids is 2. The molecule has 0 bridgehead atoms. The van der Waals surface area contributed by atoms with Crippen LogP contribution in [0.1, 0.15) is 48.5 Å². The molecule has 0 aliphatic heterocycles. The first-order valence-electron chi connectivity index (χ1n) is 8.15. The minimum atomic E-state index is -0.110. The molecule has 5 nitrogen and oxygen atoms in total. The van der Waals surface area contributed by atoms with Gasteiger partial charge in [-0.3, -0.25) is 9.59 Å². The van der Waals surface area contributed by atoms with E-state index in [1.807, 2.05) is 31.2 Å². The molecule has 0 saturated heterocycles. The van der Waals surface area contributed by atoms with Gasteiger partial charge in [0.25, 0.3) is 5.91 Å². The minimum Gasteiger partial charge on any atom is -0.351 e. The van der Waals surface area contributed by atoms with Crippen LogP contribution in [-0.2, 0) is 4.79 Å². The van der Waals surface area contributed by atoms with Crippen molar-refractivity contribution in [3.63, 3.8) is 0 Å². The molecule has 6 heteroatoms. The molecule has 2 amide bonds. The van der Waals surface area contributed by atoms with E-state index in [2.05, 4.69) is 22.5 Å². The molecule has 2 aromatic rings. The van der Waals surface area contributed by atoms with Gasteiger partial charge in [0.1, 0.15) is 10.7 Å². The van der Waals surface area contributed by atoms with Crippen LogP contribution in [0.2, 0.25) is 0 Å². The molecule has 1 aromatic heterocycles. The number of nitrogens with one attached hydrogen (secondary N) is 2. The number of rotatable bonds is 7. The van der Waals surface area contributed by atoms with Crippen LogP contribution < -0.4 is 10.6 Å². The lowest BCUT2D eigenvalue weighted by atomic mass is 10.2. The Morgan fingerprint density at radius 3 is 2.50 bits per heavy atom. The number of carbonyl (C=O) groups is 2. The van der Waals surface area contributed by atoms with Crippen LogP contribution in [0.5, 0.6) is 0 Å². The number of amides is 2. The third kappa shape index (κ3) is 4.89. The molecule has 0 spiro atoms. The highest BCUT2D eigenvalue weighted by Crippen LogP contribution is 2.28. The van der Waals surface area contributed by atoms with E-state index >= 15 is 0 Å². The number of unbranched alkanes of at least 4 members (excludes halogenated alkanes) is 2. The fourth-order valence-corrected chi connectivity index (χ4v) is 3.21. The van der Waals surface area contributed by atoms with E-state index in [1.54, 1.807) is 0 Å². The average Bonchev–Trinajstić information content (AvgIpc) is 2.93. The van der Waals surface area contributed by atoms with E-state index in [9.17, 15) is 9.59 Å². The largest absolute Gasteiger partial charge is 0.351 e. The molecule has 0 radical (unpaired) electrons. The van der Waals surface area contributed by atoms with Gasteiger partial charge in [0.15, 0.2) is 0 Å². The Hall–Kier alpha value is -2.21. The molecule has 1 heterocycles. The van der Waals surface area contributed by atoms with Gasteiger partial charge in [-0.1, -0.05) is 19.8 Å². The third-order valence-electron chi connectivity index (χ3n) is 3.53. The minimum absolute atomic E-state index is 0.102. The third-order valence-corrected chi connectivity index (χ3v) is 4.55. The first-order chi connectivity index (χ1) is 11.5. The van der Waals surface area contributed by atoms with Crippen LogP contribution in [0, 0.1) is 6.92 Å². The SMILES string of the molecule is CCCCCNC(=O)c1nc(-c2ccc(NC(C)=O)cc2)sc1C. The first kappa shape index (κ1) is 18.1. The van der Waals surface area contributed by atoms with Gasteiger partial charge in [-0.2, -0.15) is 0 Å². The Labute approximate surface area is 146 Å². The maximum atomic E-state index is 12.2. The van der Waals surface area contributed by atoms with Crippen molar-refractivity contribution in [2.24, 2.45) is 0 Å². The van der Waals surface area contributed by atoms with Gasteiger partial charge >= 0.3 is 0 Å². The molecule has 1 aromatic carbocycles. The molecule has 0 atom stereocenters. The fraction of sp³-hybridized carbons (Fsp3) is 0.389. The average molecular weight is 345 g/mol. The van der Waals surface area contributed by atoms with Gasteiger partial charge in [0.05, 0.1) is 0 Å². The van der Waals surface area contributed by atoms with Gasteiger partial charge < -0.3 is 10.6 Å². The Morgan fingerprint density at radius 2 is 1.88 bits per heavy atom. The number of aryl methyl sites for hydroxylation is 1. The first-order valence-corrected chi connectivity index (χ1v) is 8.96. The molecular formula is C18H23N3O2S. The summed E-state index contributed by atoms with van der Waals surface area (Å²) in [4.78, 5) is 28.7. The molecule has 128 valence electrons. The van der Waals surface area contributed by atoms with Crippen LogP contribution in [0.3, 0.4) is 0 Å². The number of aromatic nitrogens is 1. The molecule has 2 N–H and O–H groups in total. The second-order valence-electron chi connectivity index (χ2n) is 5.65. The predicted molar refractivity (Wildman–Crippen MR) is 98.4 cm³/mol. The second kappa shape index (κ2) is 8.59. The molecule has 0 unspecified atom stereocenters. The van der Waals surface area contributed by atoms with E-state index in [4.69, 9.17) is 0 Å². The summed E-state index contributed by atoms with van der Waals surface area (Å²) in [6.07, 6.45) is 3.23. The van der Waals surface area contributed by atoms with E-state index in [0.29, 0.717) is 12.2 Å². The number of anilines is 1. The quantitative estimate of drug-likeness (QED) is 0.745. The fourth-order valence-electron chi connectivity index (χ4n) is 2.29. The van der Waals surface area contributed by atoms with Crippen molar-refractivity contribution in [1.29, 1.82) is 0 Å². The summed E-state index contributed by atoms with van der Waals surface area (Å²) in [5, 5.41) is 6.47. The Kier molecular flexibility index (Phi) is 6.49. The number of benzene rings is 1. The Balaban J connectivity index is 2.07. The van der Waals surface area contributed by atoms with Crippen LogP contribution in [0.15, 0.2) is 24.3 Å². The van der Waals surface area contributed by atoms with Crippen molar-refractivity contribution in [2.75, 3.05) is 11.9 Å². The summed E-state index contributed by atoms with van der Waals surface area (Å²) in [7, 11) is 0. The summed E-state index contributed by atoms with van der Waals surface area (Å²) >= 11 is 1.50. The van der Waals surface area contributed by atoms with Crippen LogP contribution in [0.25, 0.3) is 10.6 Å². The monoisotopic (exact) mass is 345 g/mol. The van der Waals surface area contributed by atoms with Crippen molar-refractivity contribution >= 4 is 28.8 Å². The lowest BCUT2D eigenvalue weighted by Gasteiger charge is -2.03. The smallest absolute Gasteiger partial charge is 0.271 e. The van der Waals surface area contributed by atoms with Crippen molar-refractivity contribution in [3.05, 3.63) is 34.8 Å². The molecule has 2 rings (SSSR count). The van der Waals surface area contributed by atoms with Crippen molar-refractivity contribution in [1.82, 2.24) is 10.3 Å². The zero-order valence-corrected chi connectivity index (χ0v) is 15.1. The van der Waals surface area contributed by atoms with Gasteiger partial charge in [0.2, 0.25) is 5.91 Å². The van der Waals surface area contributed by atoms with E-state index in [0.717, 1.165) is 40.4 Å². The summed E-state index contributed by atoms with van der Waals surface area (Å²) in [5.41, 5.74) is 2.17. The highest BCUT2D eigenvalue weighted by molar-refractivity contribution is 7.15. The predicted octanol–water partition coefficient (Wildman–Crippen LogP) is 4.00. The van der Waals surface area contributed by atoms with Crippen LogP contribution in [-0.4, -0.2) is 23.3 Å². The van der Waals surface area contributed by atoms with Crippen molar-refractivity contribution < 1.29 is 9.59 Å². The normalized spacial score (nSPS) is 10.5. The van der Waals surface area contributed by atoms with Gasteiger partial charge in [0, 0.05) is 29.6 Å². The van der Waals surface area contributed by atoms with E-state index in [1.165, 1.54) is 18.3 Å². The highest BCUT2D eigenvalue weighted by Gasteiger charge is 2.16. The summed E-state index contributed by atoms with van der Waals surface area (Å²) in [5.74, 6) is -0.212. The Morgan fingerprint density at radius 1 is 1.17 bits per heavy atom. The van der Waals surface area contributed by atoms with Crippen LogP contribution in [0.4, 0.5) is 5.69 Å². The van der Waals surface area contributed by atoms with Crippen molar-refractivity contribution in [2.45, 2.75) is 40.0 Å². The molecule has 0 aliphatic carbocycles. The van der Waals surface area contributed by atoms with E-state index < -0.39 is 0 Å². The van der Waals surface area contributed by atoms with Gasteiger partial charge in [-0.05, 0) is 37.6 Å². The lowest BCUT2D eigenvalue weighted by molar-refractivity contribution is -0.114. The Bertz CT molecular complexity index is 708. The molecule has 0 saturated carbocycles. The van der Waals surface area contributed by atoms with Crippen molar-refractivity contribution in [3.8, 4) is 10.6 Å². The highest BCUT2D eigenvalue weighted by atomic mass is 32.1. The maximum Gasteiger partial charge on any atom is 0.271 e. The van der Waals surface area contributed by atoms with E-state index in [-0.39, 0.29) is 11.8 Å². The zero-order valence-electron chi connectivity index (χ0n) is 14.3. The topological polar surface area (TPSA) is 71.1 Å². The summed E-state index contributed by atoms with van der Waals surface area (Å²) in [6.45, 7) is 6.21. The number of nitrogens with zero attached hydrogens (tertiary/aromatic N) is 1.